The van der Waals surface area contributed by atoms with Crippen LogP contribution in [0.25, 0.3) is 0 Å². The zero-order valence-corrected chi connectivity index (χ0v) is 11.3. The summed E-state index contributed by atoms with van der Waals surface area (Å²) >= 11 is 3.02. The Balaban J connectivity index is 2.43. The maximum Gasteiger partial charge on any atom is 0.187 e. The molecule has 0 saturated heterocycles. The highest BCUT2D eigenvalue weighted by Crippen LogP contribution is 2.25. The number of benzene rings is 1. The first-order valence-electron chi connectivity index (χ1n) is 5.43. The minimum absolute atomic E-state index is 0.107. The maximum absolute atomic E-state index is 13.9. The van der Waals surface area contributed by atoms with Gasteiger partial charge < -0.3 is 0 Å². The zero-order chi connectivity index (χ0) is 13.8. The Hall–Kier alpha value is -2.06. The molecule has 0 spiro atoms. The van der Waals surface area contributed by atoms with Crippen molar-refractivity contribution in [2.75, 3.05) is 0 Å². The number of halogens is 2. The van der Waals surface area contributed by atoms with Crippen LogP contribution in [0.4, 0.5) is 4.39 Å². The number of carbonyl (C=O) groups excluding carboxylic acids is 1. The van der Waals surface area contributed by atoms with E-state index in [2.05, 4.69) is 20.9 Å². The van der Waals surface area contributed by atoms with Gasteiger partial charge >= 0.3 is 0 Å². The molecule has 0 radical (unpaired) electrons. The van der Waals surface area contributed by atoms with E-state index in [4.69, 9.17) is 5.26 Å². The van der Waals surface area contributed by atoms with Gasteiger partial charge in [-0.05, 0) is 39.7 Å². The number of hydrogen-bond acceptors (Lipinski definition) is 3. The molecule has 0 aliphatic carbocycles. The van der Waals surface area contributed by atoms with Crippen molar-refractivity contribution in [1.29, 1.82) is 5.26 Å². The largest absolute Gasteiger partial charge is 0.292 e. The fourth-order valence-corrected chi connectivity index (χ4v) is 2.05. The molecule has 1 atom stereocenters. The monoisotopic (exact) mass is 318 g/mol. The van der Waals surface area contributed by atoms with Gasteiger partial charge in [-0.15, -0.1) is 0 Å². The summed E-state index contributed by atoms with van der Waals surface area (Å²) in [6, 6.07) is 9.56. The van der Waals surface area contributed by atoms with Crippen molar-refractivity contribution >= 4 is 21.7 Å². The lowest BCUT2D eigenvalue weighted by Crippen LogP contribution is -2.13. The van der Waals surface area contributed by atoms with E-state index in [9.17, 15) is 9.18 Å². The summed E-state index contributed by atoms with van der Waals surface area (Å²) in [5.41, 5.74) is 0.346. The standard InChI is InChI=1S/C14H8BrFN2O/c15-12-5-1-4-10(13(12)16)14(19)11(7-17)9-3-2-6-18-8-9/h1-6,8,11H. The zero-order valence-electron chi connectivity index (χ0n) is 9.68. The second kappa shape index (κ2) is 5.72. The number of rotatable bonds is 3. The lowest BCUT2D eigenvalue weighted by atomic mass is 9.93. The molecule has 94 valence electrons. The lowest BCUT2D eigenvalue weighted by Gasteiger charge is -2.09. The van der Waals surface area contributed by atoms with E-state index >= 15 is 0 Å². The first-order chi connectivity index (χ1) is 9.15. The smallest absolute Gasteiger partial charge is 0.187 e. The van der Waals surface area contributed by atoms with Crippen molar-refractivity contribution in [2.24, 2.45) is 0 Å². The highest BCUT2D eigenvalue weighted by molar-refractivity contribution is 9.10. The Morgan fingerprint density at radius 3 is 2.79 bits per heavy atom. The van der Waals surface area contributed by atoms with Crippen LogP contribution in [-0.2, 0) is 0 Å². The fraction of sp³-hybridized carbons (Fsp3) is 0.0714. The van der Waals surface area contributed by atoms with Crippen molar-refractivity contribution in [2.45, 2.75) is 5.92 Å². The van der Waals surface area contributed by atoms with Crippen LogP contribution in [0.15, 0.2) is 47.2 Å². The average Bonchev–Trinajstić information content (AvgIpc) is 2.44. The molecular weight excluding hydrogens is 311 g/mol. The van der Waals surface area contributed by atoms with Crippen LogP contribution >= 0.6 is 15.9 Å². The second-order valence-corrected chi connectivity index (χ2v) is 4.67. The molecule has 2 aromatic rings. The summed E-state index contributed by atoms with van der Waals surface area (Å²) < 4.78 is 14.1. The Labute approximate surface area is 117 Å². The van der Waals surface area contributed by atoms with Crippen molar-refractivity contribution in [3.8, 4) is 6.07 Å². The molecule has 2 rings (SSSR count). The van der Waals surface area contributed by atoms with Gasteiger partial charge in [0.2, 0.25) is 0 Å². The Bertz CT molecular complexity index is 652. The van der Waals surface area contributed by atoms with Gasteiger partial charge in [0.05, 0.1) is 16.1 Å². The van der Waals surface area contributed by atoms with Crippen LogP contribution in [0.5, 0.6) is 0 Å². The van der Waals surface area contributed by atoms with Crippen molar-refractivity contribution < 1.29 is 9.18 Å². The van der Waals surface area contributed by atoms with E-state index in [1.54, 1.807) is 24.4 Å². The summed E-state index contributed by atoms with van der Waals surface area (Å²) in [5, 5.41) is 9.14. The molecule has 19 heavy (non-hydrogen) atoms. The third kappa shape index (κ3) is 2.69. The van der Waals surface area contributed by atoms with Gasteiger partial charge in [-0.25, -0.2) is 4.39 Å². The van der Waals surface area contributed by atoms with Gasteiger partial charge in [0.15, 0.2) is 5.78 Å². The SMILES string of the molecule is N#CC(C(=O)c1cccc(Br)c1F)c1cccnc1. The van der Waals surface area contributed by atoms with E-state index < -0.39 is 17.5 Å². The van der Waals surface area contributed by atoms with Gasteiger partial charge in [0, 0.05) is 12.4 Å². The molecule has 0 N–H and O–H groups in total. The molecule has 0 aliphatic rings. The number of pyridine rings is 1. The molecule has 0 aliphatic heterocycles. The van der Waals surface area contributed by atoms with Crippen LogP contribution < -0.4 is 0 Å². The molecular formula is C14H8BrFN2O. The number of aromatic nitrogens is 1. The molecule has 5 heteroatoms. The predicted octanol–water partition coefficient (Wildman–Crippen LogP) is 3.47. The molecule has 0 fully saturated rings. The molecule has 1 aromatic heterocycles. The van der Waals surface area contributed by atoms with Crippen LogP contribution in [0.1, 0.15) is 21.8 Å². The summed E-state index contributed by atoms with van der Waals surface area (Å²) in [6.07, 6.45) is 2.98. The van der Waals surface area contributed by atoms with Gasteiger partial charge in [-0.1, -0.05) is 12.1 Å². The summed E-state index contributed by atoms with van der Waals surface area (Å²) in [7, 11) is 0. The van der Waals surface area contributed by atoms with E-state index in [-0.39, 0.29) is 10.0 Å². The molecule has 1 unspecified atom stereocenters. The van der Waals surface area contributed by atoms with Crippen LogP contribution in [0.2, 0.25) is 0 Å². The summed E-state index contributed by atoms with van der Waals surface area (Å²) in [4.78, 5) is 16.1. The van der Waals surface area contributed by atoms with E-state index in [0.29, 0.717) is 5.56 Å². The highest BCUT2D eigenvalue weighted by Gasteiger charge is 2.25. The molecule has 1 heterocycles. The Morgan fingerprint density at radius 1 is 1.37 bits per heavy atom. The van der Waals surface area contributed by atoms with E-state index in [1.807, 2.05) is 6.07 Å². The number of nitrogens with zero attached hydrogens (tertiary/aromatic N) is 2. The van der Waals surface area contributed by atoms with E-state index in [0.717, 1.165) is 0 Å². The Morgan fingerprint density at radius 2 is 2.16 bits per heavy atom. The van der Waals surface area contributed by atoms with Gasteiger partial charge in [-0.3, -0.25) is 9.78 Å². The number of ketones is 1. The Kier molecular flexibility index (Phi) is 4.03. The van der Waals surface area contributed by atoms with Gasteiger partial charge in [-0.2, -0.15) is 5.26 Å². The second-order valence-electron chi connectivity index (χ2n) is 3.81. The highest BCUT2D eigenvalue weighted by atomic mass is 79.9. The summed E-state index contributed by atoms with van der Waals surface area (Å²) in [5.74, 6) is -2.29. The molecule has 3 nitrogen and oxygen atoms in total. The minimum atomic E-state index is -1.06. The molecule has 0 amide bonds. The normalized spacial score (nSPS) is 11.6. The maximum atomic E-state index is 13.9. The van der Waals surface area contributed by atoms with Crippen LogP contribution in [0, 0.1) is 17.1 Å². The first-order valence-corrected chi connectivity index (χ1v) is 6.22. The van der Waals surface area contributed by atoms with Gasteiger partial charge in [0.25, 0.3) is 0 Å². The lowest BCUT2D eigenvalue weighted by molar-refractivity contribution is 0.0974. The minimum Gasteiger partial charge on any atom is -0.292 e. The van der Waals surface area contributed by atoms with Gasteiger partial charge in [0.1, 0.15) is 11.7 Å². The molecule has 0 saturated carbocycles. The van der Waals surface area contributed by atoms with Crippen LogP contribution in [-0.4, -0.2) is 10.8 Å². The number of nitriles is 1. The number of hydrogen-bond donors (Lipinski definition) is 0. The third-order valence-electron chi connectivity index (χ3n) is 2.63. The van der Waals surface area contributed by atoms with Crippen molar-refractivity contribution in [1.82, 2.24) is 4.98 Å². The van der Waals surface area contributed by atoms with E-state index in [1.165, 1.54) is 18.3 Å². The van der Waals surface area contributed by atoms with Crippen molar-refractivity contribution in [3.63, 3.8) is 0 Å². The predicted molar refractivity (Wildman–Crippen MR) is 71.0 cm³/mol. The fourth-order valence-electron chi connectivity index (χ4n) is 1.68. The number of Topliss-reactive ketones (excluding diaryl/α,β-unsaturated/α-hetero) is 1. The van der Waals surface area contributed by atoms with Crippen LogP contribution in [0.3, 0.4) is 0 Å². The third-order valence-corrected chi connectivity index (χ3v) is 3.24. The molecule has 0 bridgehead atoms. The van der Waals surface area contributed by atoms with Crippen molar-refractivity contribution in [3.05, 3.63) is 64.1 Å². The number of carbonyl (C=O) groups is 1. The summed E-state index contributed by atoms with van der Waals surface area (Å²) in [6.45, 7) is 0. The molecule has 1 aromatic carbocycles. The average molecular weight is 319 g/mol. The quantitative estimate of drug-likeness (QED) is 0.814. The topological polar surface area (TPSA) is 53.8 Å². The first kappa shape index (κ1) is 13.4.